The Morgan fingerprint density at radius 3 is 2.88 bits per heavy atom. The van der Waals surface area contributed by atoms with Crippen molar-refractivity contribution in [3.63, 3.8) is 0 Å². The first-order valence-corrected chi connectivity index (χ1v) is 8.51. The highest BCUT2D eigenvalue weighted by molar-refractivity contribution is 7.99. The third-order valence-electron chi connectivity index (χ3n) is 3.24. The molecule has 0 aliphatic heterocycles. The van der Waals surface area contributed by atoms with Crippen LogP contribution in [-0.2, 0) is 22.5 Å². The summed E-state index contributed by atoms with van der Waals surface area (Å²) in [5.74, 6) is 3.35. The molecule has 0 bridgehead atoms. The lowest BCUT2D eigenvalue weighted by Crippen LogP contribution is -2.25. The van der Waals surface area contributed by atoms with E-state index < -0.39 is 0 Å². The second kappa shape index (κ2) is 9.75. The molecule has 24 heavy (non-hydrogen) atoms. The van der Waals surface area contributed by atoms with Crippen LogP contribution in [0, 0.1) is 12.3 Å². The third-order valence-corrected chi connectivity index (χ3v) is 4.20. The number of nitrogens with one attached hydrogen (secondary N) is 1. The van der Waals surface area contributed by atoms with Crippen LogP contribution in [0.1, 0.15) is 11.4 Å². The summed E-state index contributed by atoms with van der Waals surface area (Å²) in [4.78, 5) is 11.7. The highest BCUT2D eigenvalue weighted by Gasteiger charge is 2.14. The molecule has 0 atom stereocenters. The van der Waals surface area contributed by atoms with Crippen LogP contribution in [0.15, 0.2) is 35.5 Å². The molecule has 1 aromatic heterocycles. The molecular weight excluding hydrogens is 324 g/mol. The van der Waals surface area contributed by atoms with Gasteiger partial charge in [0.05, 0.1) is 18.9 Å². The van der Waals surface area contributed by atoms with Gasteiger partial charge in [0.2, 0.25) is 5.91 Å². The Bertz CT molecular complexity index is 694. The number of carbonyl (C=O) groups excluding carboxylic acids is 1. The Kier molecular flexibility index (Phi) is 7.33. The number of benzene rings is 1. The molecular formula is C17H20N4O2S. The quantitative estimate of drug-likeness (QED) is 0.549. The Morgan fingerprint density at radius 1 is 1.38 bits per heavy atom. The molecule has 0 spiro atoms. The summed E-state index contributed by atoms with van der Waals surface area (Å²) in [5, 5.41) is 11.8. The van der Waals surface area contributed by atoms with Crippen molar-refractivity contribution >= 4 is 17.7 Å². The summed E-state index contributed by atoms with van der Waals surface area (Å²) in [5.41, 5.74) is 1.16. The van der Waals surface area contributed by atoms with Gasteiger partial charge in [0.1, 0.15) is 5.82 Å². The molecule has 1 N–H and O–H groups in total. The molecule has 1 heterocycles. The summed E-state index contributed by atoms with van der Waals surface area (Å²) in [7, 11) is 1.65. The van der Waals surface area contributed by atoms with Gasteiger partial charge in [0.25, 0.3) is 0 Å². The van der Waals surface area contributed by atoms with E-state index in [-0.39, 0.29) is 18.2 Å². The number of hydrogen-bond acceptors (Lipinski definition) is 5. The Morgan fingerprint density at radius 2 is 2.17 bits per heavy atom. The van der Waals surface area contributed by atoms with Crippen LogP contribution in [0.25, 0.3) is 0 Å². The zero-order chi connectivity index (χ0) is 17.2. The molecule has 7 heteroatoms. The highest BCUT2D eigenvalue weighted by Crippen LogP contribution is 2.18. The standard InChI is InChI=1S/C17H20N4O2S/c1-3-9-18-16(22)13-24-17-20-19-15(21(17)10-11-23-2)12-14-7-5-4-6-8-14/h1,4-8H,9-13H2,2H3,(H,18,22). The molecule has 0 aliphatic rings. The number of aromatic nitrogens is 3. The molecule has 0 saturated carbocycles. The number of rotatable bonds is 9. The van der Waals surface area contributed by atoms with E-state index in [4.69, 9.17) is 11.2 Å². The van der Waals surface area contributed by atoms with Crippen molar-refractivity contribution in [3.05, 3.63) is 41.7 Å². The number of hydrogen-bond donors (Lipinski definition) is 1. The van der Waals surface area contributed by atoms with E-state index in [1.54, 1.807) is 7.11 Å². The van der Waals surface area contributed by atoms with Crippen LogP contribution < -0.4 is 5.32 Å². The van der Waals surface area contributed by atoms with E-state index in [0.717, 1.165) is 11.4 Å². The van der Waals surface area contributed by atoms with Crippen LogP contribution >= 0.6 is 11.8 Å². The molecule has 0 aliphatic carbocycles. The normalized spacial score (nSPS) is 10.3. The highest BCUT2D eigenvalue weighted by atomic mass is 32.2. The lowest BCUT2D eigenvalue weighted by atomic mass is 10.1. The first kappa shape index (κ1) is 18.0. The minimum absolute atomic E-state index is 0.121. The number of methoxy groups -OCH3 is 1. The van der Waals surface area contributed by atoms with Gasteiger partial charge < -0.3 is 14.6 Å². The monoisotopic (exact) mass is 344 g/mol. The van der Waals surface area contributed by atoms with E-state index in [1.165, 1.54) is 11.8 Å². The average Bonchev–Trinajstić information content (AvgIpc) is 2.98. The van der Waals surface area contributed by atoms with Gasteiger partial charge in [-0.2, -0.15) is 0 Å². The number of carbonyl (C=O) groups is 1. The minimum Gasteiger partial charge on any atom is -0.383 e. The van der Waals surface area contributed by atoms with E-state index in [9.17, 15) is 4.79 Å². The zero-order valence-electron chi connectivity index (χ0n) is 13.6. The van der Waals surface area contributed by atoms with Crippen molar-refractivity contribution in [1.29, 1.82) is 0 Å². The summed E-state index contributed by atoms with van der Waals surface area (Å²) >= 11 is 1.34. The lowest BCUT2D eigenvalue weighted by Gasteiger charge is -2.09. The van der Waals surface area contributed by atoms with Gasteiger partial charge in [-0.25, -0.2) is 0 Å². The predicted octanol–water partition coefficient (Wildman–Crippen LogP) is 1.36. The van der Waals surface area contributed by atoms with Crippen LogP contribution in [-0.4, -0.2) is 46.7 Å². The first-order valence-electron chi connectivity index (χ1n) is 7.52. The SMILES string of the molecule is C#CCNC(=O)CSc1nnc(Cc2ccccc2)n1CCOC. The molecule has 2 rings (SSSR count). The number of amides is 1. The average molecular weight is 344 g/mol. The largest absolute Gasteiger partial charge is 0.383 e. The van der Waals surface area contributed by atoms with Crippen molar-refractivity contribution < 1.29 is 9.53 Å². The minimum atomic E-state index is -0.121. The maximum atomic E-state index is 11.7. The fourth-order valence-electron chi connectivity index (χ4n) is 2.07. The Hall–Kier alpha value is -2.30. The topological polar surface area (TPSA) is 69.0 Å². The Labute approximate surface area is 146 Å². The van der Waals surface area contributed by atoms with Crippen LogP contribution in [0.3, 0.4) is 0 Å². The van der Waals surface area contributed by atoms with Crippen LogP contribution in [0.4, 0.5) is 0 Å². The van der Waals surface area contributed by atoms with Gasteiger partial charge in [-0.3, -0.25) is 4.79 Å². The van der Waals surface area contributed by atoms with Crippen LogP contribution in [0.5, 0.6) is 0 Å². The van der Waals surface area contributed by atoms with E-state index in [1.807, 2.05) is 22.8 Å². The van der Waals surface area contributed by atoms with Gasteiger partial charge >= 0.3 is 0 Å². The molecule has 126 valence electrons. The van der Waals surface area contributed by atoms with Crippen molar-refractivity contribution in [1.82, 2.24) is 20.1 Å². The molecule has 0 saturated heterocycles. The number of ether oxygens (including phenoxy) is 1. The molecule has 2 aromatic rings. The van der Waals surface area contributed by atoms with E-state index in [0.29, 0.717) is 24.7 Å². The van der Waals surface area contributed by atoms with Crippen molar-refractivity contribution in [2.24, 2.45) is 0 Å². The number of thioether (sulfide) groups is 1. The molecule has 0 unspecified atom stereocenters. The number of nitrogens with zero attached hydrogens (tertiary/aromatic N) is 3. The van der Waals surface area contributed by atoms with Crippen LogP contribution in [0.2, 0.25) is 0 Å². The van der Waals surface area contributed by atoms with Crippen molar-refractivity contribution in [2.75, 3.05) is 26.0 Å². The molecule has 1 aromatic carbocycles. The van der Waals surface area contributed by atoms with Gasteiger partial charge in [-0.1, -0.05) is 48.0 Å². The summed E-state index contributed by atoms with van der Waals surface area (Å²) < 4.78 is 7.16. The zero-order valence-corrected chi connectivity index (χ0v) is 14.4. The predicted molar refractivity (Wildman–Crippen MR) is 93.7 cm³/mol. The first-order chi connectivity index (χ1) is 11.7. The van der Waals surface area contributed by atoms with E-state index in [2.05, 4.69) is 33.6 Å². The van der Waals surface area contributed by atoms with Crippen molar-refractivity contribution in [3.8, 4) is 12.3 Å². The molecule has 0 fully saturated rings. The summed E-state index contributed by atoms with van der Waals surface area (Å²) in [6.07, 6.45) is 5.81. The second-order valence-corrected chi connectivity index (χ2v) is 5.92. The molecule has 1 amide bonds. The fraction of sp³-hybridized carbons (Fsp3) is 0.353. The number of terminal acetylenes is 1. The smallest absolute Gasteiger partial charge is 0.231 e. The van der Waals surface area contributed by atoms with Gasteiger partial charge in [-0.05, 0) is 5.56 Å². The van der Waals surface area contributed by atoms with Gasteiger partial charge in [-0.15, -0.1) is 16.6 Å². The third kappa shape index (κ3) is 5.41. The van der Waals surface area contributed by atoms with E-state index >= 15 is 0 Å². The lowest BCUT2D eigenvalue weighted by molar-refractivity contribution is -0.118. The maximum absolute atomic E-state index is 11.7. The second-order valence-electron chi connectivity index (χ2n) is 4.98. The van der Waals surface area contributed by atoms with Gasteiger partial charge in [0, 0.05) is 20.1 Å². The summed E-state index contributed by atoms with van der Waals surface area (Å²) in [6, 6.07) is 10.1. The maximum Gasteiger partial charge on any atom is 0.231 e. The Balaban J connectivity index is 2.07. The van der Waals surface area contributed by atoms with Gasteiger partial charge in [0.15, 0.2) is 5.16 Å². The molecule has 6 nitrogen and oxygen atoms in total. The molecule has 0 radical (unpaired) electrons. The summed E-state index contributed by atoms with van der Waals surface area (Å²) in [6.45, 7) is 1.42. The fourth-order valence-corrected chi connectivity index (χ4v) is 2.89. The van der Waals surface area contributed by atoms with Crippen molar-refractivity contribution in [2.45, 2.75) is 18.1 Å².